The van der Waals surface area contributed by atoms with Gasteiger partial charge in [0.05, 0.1) is 18.1 Å². The Balaban J connectivity index is 1.59. The van der Waals surface area contributed by atoms with E-state index in [1.165, 1.54) is 11.0 Å². The summed E-state index contributed by atoms with van der Waals surface area (Å²) in [7, 11) is 0. The lowest BCUT2D eigenvalue weighted by atomic mass is 9.83. The Morgan fingerprint density at radius 3 is 2.80 bits per heavy atom. The first kappa shape index (κ1) is 19.8. The van der Waals surface area contributed by atoms with Gasteiger partial charge in [-0.1, -0.05) is 19.4 Å². The van der Waals surface area contributed by atoms with Crippen molar-refractivity contribution in [3.63, 3.8) is 0 Å². The number of hydrogen-bond donors (Lipinski definition) is 4. The van der Waals surface area contributed by atoms with E-state index in [-0.39, 0.29) is 17.6 Å². The van der Waals surface area contributed by atoms with Gasteiger partial charge >= 0.3 is 0 Å². The molecule has 1 aliphatic rings. The van der Waals surface area contributed by atoms with Crippen molar-refractivity contribution in [3.8, 4) is 5.69 Å². The Bertz CT molecular complexity index is 1020. The summed E-state index contributed by atoms with van der Waals surface area (Å²) in [6.45, 7) is 2.16. The van der Waals surface area contributed by atoms with E-state index in [0.29, 0.717) is 23.4 Å². The fourth-order valence-electron chi connectivity index (χ4n) is 3.70. The van der Waals surface area contributed by atoms with Gasteiger partial charge in [0.1, 0.15) is 11.4 Å². The number of anilines is 3. The van der Waals surface area contributed by atoms with Gasteiger partial charge in [-0.25, -0.2) is 4.98 Å². The molecule has 1 saturated carbocycles. The summed E-state index contributed by atoms with van der Waals surface area (Å²) in [5, 5.41) is 14.7. The number of aromatic nitrogens is 5. The zero-order chi connectivity index (χ0) is 21.1. The van der Waals surface area contributed by atoms with Gasteiger partial charge in [-0.05, 0) is 37.0 Å². The maximum Gasteiger partial charge on any atom is 0.254 e. The van der Waals surface area contributed by atoms with Crippen LogP contribution in [-0.4, -0.2) is 43.0 Å². The lowest BCUT2D eigenvalue weighted by molar-refractivity contribution is 0.100. The molecule has 10 nitrogen and oxygen atoms in total. The van der Waals surface area contributed by atoms with Crippen molar-refractivity contribution in [2.24, 2.45) is 17.4 Å². The Hall–Kier alpha value is -3.53. The van der Waals surface area contributed by atoms with Crippen molar-refractivity contribution in [1.82, 2.24) is 25.0 Å². The van der Waals surface area contributed by atoms with E-state index in [9.17, 15) is 4.79 Å². The summed E-state index contributed by atoms with van der Waals surface area (Å²) >= 11 is 0. The van der Waals surface area contributed by atoms with Crippen LogP contribution in [0.5, 0.6) is 0 Å². The molecule has 3 atom stereocenters. The highest BCUT2D eigenvalue weighted by atomic mass is 16.1. The van der Waals surface area contributed by atoms with Crippen molar-refractivity contribution < 1.29 is 4.79 Å². The molecular weight excluding hydrogens is 382 g/mol. The van der Waals surface area contributed by atoms with Crippen LogP contribution < -0.4 is 22.1 Å². The zero-order valence-electron chi connectivity index (χ0n) is 16.7. The Morgan fingerprint density at radius 2 is 2.03 bits per heavy atom. The minimum Gasteiger partial charge on any atom is -0.365 e. The van der Waals surface area contributed by atoms with Crippen LogP contribution >= 0.6 is 0 Å². The van der Waals surface area contributed by atoms with Crippen molar-refractivity contribution in [3.05, 3.63) is 48.4 Å². The number of hydrogen-bond acceptors (Lipinski definition) is 8. The predicted octanol–water partition coefficient (Wildman–Crippen LogP) is 1.83. The second-order valence-electron chi connectivity index (χ2n) is 7.55. The minimum atomic E-state index is -0.614. The summed E-state index contributed by atoms with van der Waals surface area (Å²) in [5.41, 5.74) is 13.5. The van der Waals surface area contributed by atoms with Crippen molar-refractivity contribution in [2.45, 2.75) is 38.3 Å². The lowest BCUT2D eigenvalue weighted by Crippen LogP contribution is -2.47. The van der Waals surface area contributed by atoms with Gasteiger partial charge in [-0.15, -0.1) is 0 Å². The summed E-state index contributed by atoms with van der Waals surface area (Å²) in [6, 6.07) is 7.53. The molecule has 30 heavy (non-hydrogen) atoms. The Labute approximate surface area is 174 Å². The molecule has 0 bridgehead atoms. The van der Waals surface area contributed by atoms with Crippen LogP contribution in [0.1, 0.15) is 36.5 Å². The van der Waals surface area contributed by atoms with E-state index in [0.717, 1.165) is 24.9 Å². The van der Waals surface area contributed by atoms with E-state index in [2.05, 4.69) is 37.7 Å². The van der Waals surface area contributed by atoms with E-state index >= 15 is 0 Å². The summed E-state index contributed by atoms with van der Waals surface area (Å²) in [5.74, 6) is 0.541. The van der Waals surface area contributed by atoms with E-state index in [4.69, 9.17) is 11.5 Å². The number of amides is 1. The van der Waals surface area contributed by atoms with Crippen LogP contribution in [0, 0.1) is 5.92 Å². The van der Waals surface area contributed by atoms with Gasteiger partial charge in [0.2, 0.25) is 5.95 Å². The molecule has 1 fully saturated rings. The Morgan fingerprint density at radius 1 is 1.23 bits per heavy atom. The van der Waals surface area contributed by atoms with Crippen LogP contribution in [0.3, 0.4) is 0 Å². The summed E-state index contributed by atoms with van der Waals surface area (Å²) < 4.78 is 0. The fraction of sp³-hybridized carbons (Fsp3) is 0.350. The highest BCUT2D eigenvalue weighted by Gasteiger charge is 2.28. The zero-order valence-corrected chi connectivity index (χ0v) is 16.7. The first-order valence-corrected chi connectivity index (χ1v) is 9.94. The van der Waals surface area contributed by atoms with Gasteiger partial charge in [-0.3, -0.25) is 4.79 Å². The first-order chi connectivity index (χ1) is 14.5. The maximum atomic E-state index is 11.9. The Kier molecular flexibility index (Phi) is 5.57. The molecule has 0 saturated heterocycles. The number of nitrogens with zero attached hydrogens (tertiary/aromatic N) is 5. The molecule has 4 rings (SSSR count). The molecule has 3 aromatic rings. The highest BCUT2D eigenvalue weighted by Crippen LogP contribution is 2.26. The number of nitrogens with two attached hydrogens (primary N) is 2. The SMILES string of the molecule is CC1CCCC(Nc2ncc(C(N)=O)c(Nc3cccc(-n4nccn4)c3)n2)C1N. The monoisotopic (exact) mass is 407 g/mol. The molecule has 6 N–H and O–H groups in total. The molecule has 156 valence electrons. The molecule has 0 radical (unpaired) electrons. The molecule has 1 aromatic carbocycles. The number of carbonyl (C=O) groups is 1. The molecule has 2 heterocycles. The molecule has 3 unspecified atom stereocenters. The van der Waals surface area contributed by atoms with Crippen LogP contribution in [0.4, 0.5) is 17.5 Å². The standard InChI is InChI=1S/C20H25N9O/c1-12-4-2-7-16(17(12)21)27-20-23-11-15(18(22)30)19(28-20)26-13-5-3-6-14(10-13)29-24-8-9-25-29/h3,5-6,8-12,16-17H,2,4,7,21H2,1H3,(H2,22,30)(H2,23,26,27,28). The van der Waals surface area contributed by atoms with E-state index < -0.39 is 5.91 Å². The molecule has 0 aliphatic heterocycles. The predicted molar refractivity (Wildman–Crippen MR) is 114 cm³/mol. The third-order valence-corrected chi connectivity index (χ3v) is 5.42. The average Bonchev–Trinajstić information content (AvgIpc) is 3.27. The summed E-state index contributed by atoms with van der Waals surface area (Å²) in [4.78, 5) is 22.2. The smallest absolute Gasteiger partial charge is 0.254 e. The number of rotatable bonds is 6. The third-order valence-electron chi connectivity index (χ3n) is 5.42. The molecule has 1 aliphatic carbocycles. The number of carbonyl (C=O) groups excluding carboxylic acids is 1. The van der Waals surface area contributed by atoms with Crippen molar-refractivity contribution in [2.75, 3.05) is 10.6 Å². The fourth-order valence-corrected chi connectivity index (χ4v) is 3.70. The normalized spacial score (nSPS) is 21.2. The van der Waals surface area contributed by atoms with Crippen LogP contribution in [0.15, 0.2) is 42.9 Å². The average molecular weight is 407 g/mol. The van der Waals surface area contributed by atoms with Crippen molar-refractivity contribution in [1.29, 1.82) is 0 Å². The van der Waals surface area contributed by atoms with Gasteiger partial charge in [-0.2, -0.15) is 20.0 Å². The lowest BCUT2D eigenvalue weighted by Gasteiger charge is -2.34. The van der Waals surface area contributed by atoms with Gasteiger partial charge < -0.3 is 22.1 Å². The van der Waals surface area contributed by atoms with Crippen molar-refractivity contribution >= 4 is 23.4 Å². The topological polar surface area (TPSA) is 150 Å². The molecular formula is C20H25N9O. The van der Waals surface area contributed by atoms with E-state index in [1.807, 2.05) is 24.3 Å². The third kappa shape index (κ3) is 4.23. The second-order valence-corrected chi connectivity index (χ2v) is 7.55. The number of benzene rings is 1. The molecule has 0 spiro atoms. The van der Waals surface area contributed by atoms with Crippen LogP contribution in [0.25, 0.3) is 5.69 Å². The first-order valence-electron chi connectivity index (χ1n) is 9.94. The quantitative estimate of drug-likeness (QED) is 0.483. The number of nitrogens with one attached hydrogen (secondary N) is 2. The number of primary amides is 1. The second kappa shape index (κ2) is 8.46. The van der Waals surface area contributed by atoms with Crippen LogP contribution in [-0.2, 0) is 0 Å². The largest absolute Gasteiger partial charge is 0.365 e. The van der Waals surface area contributed by atoms with E-state index in [1.54, 1.807) is 12.4 Å². The molecule has 10 heteroatoms. The summed E-state index contributed by atoms with van der Waals surface area (Å²) in [6.07, 6.45) is 7.81. The van der Waals surface area contributed by atoms with Gasteiger partial charge in [0.15, 0.2) is 0 Å². The van der Waals surface area contributed by atoms with Crippen LogP contribution in [0.2, 0.25) is 0 Å². The highest BCUT2D eigenvalue weighted by molar-refractivity contribution is 5.98. The minimum absolute atomic E-state index is 0.0211. The van der Waals surface area contributed by atoms with Gasteiger partial charge in [0, 0.05) is 24.0 Å². The molecule has 2 aromatic heterocycles. The maximum absolute atomic E-state index is 11.9. The van der Waals surface area contributed by atoms with Gasteiger partial charge in [0.25, 0.3) is 5.91 Å². The molecule has 1 amide bonds.